The van der Waals surface area contributed by atoms with Gasteiger partial charge in [-0.05, 0) is 45.0 Å². The summed E-state index contributed by atoms with van der Waals surface area (Å²) in [7, 11) is 2.07. The monoisotopic (exact) mass is 431 g/mol. The molecule has 0 saturated carbocycles. The minimum atomic E-state index is -0.0663. The molecule has 0 aliphatic carbocycles. The Kier molecular flexibility index (Phi) is 5.43. The number of rotatable bonds is 3. The average molecular weight is 432 g/mol. The van der Waals surface area contributed by atoms with Gasteiger partial charge in [0.15, 0.2) is 0 Å². The van der Waals surface area contributed by atoms with E-state index in [1.807, 2.05) is 53.1 Å². The minimum Gasteiger partial charge on any atom is -0.358 e. The molecule has 5 rings (SSSR count). The molecule has 0 bridgehead atoms. The van der Waals surface area contributed by atoms with E-state index < -0.39 is 0 Å². The Balaban J connectivity index is 1.36. The number of piperazine rings is 1. The van der Waals surface area contributed by atoms with E-state index in [1.165, 1.54) is 0 Å². The third kappa shape index (κ3) is 3.66. The highest BCUT2D eigenvalue weighted by Gasteiger charge is 2.33. The van der Waals surface area contributed by atoms with Gasteiger partial charge < -0.3 is 19.7 Å². The minimum absolute atomic E-state index is 0.0333. The number of fused-ring (bicyclic) bond motifs is 1. The van der Waals surface area contributed by atoms with Crippen molar-refractivity contribution in [2.45, 2.75) is 25.8 Å². The fourth-order valence-corrected chi connectivity index (χ4v) is 4.93. The van der Waals surface area contributed by atoms with E-state index in [2.05, 4.69) is 21.9 Å². The number of benzene rings is 1. The third-order valence-electron chi connectivity index (χ3n) is 6.79. The number of amides is 2. The van der Waals surface area contributed by atoms with Crippen LogP contribution in [0.4, 0.5) is 0 Å². The first-order valence-electron chi connectivity index (χ1n) is 11.3. The van der Waals surface area contributed by atoms with Gasteiger partial charge in [0.05, 0.1) is 22.9 Å². The topological polar surface area (TPSA) is 72.5 Å². The van der Waals surface area contributed by atoms with Gasteiger partial charge in [-0.25, -0.2) is 0 Å². The number of aryl methyl sites for hydroxylation is 1. The molecule has 1 atom stereocenters. The number of hydrogen-bond donors (Lipinski definition) is 1. The molecule has 166 valence electrons. The van der Waals surface area contributed by atoms with Gasteiger partial charge in [0.2, 0.25) is 0 Å². The van der Waals surface area contributed by atoms with E-state index in [1.54, 1.807) is 6.20 Å². The SMILES string of the molecule is Cc1[nH]c2ccccc2c1C(=O)N1CCCC1c1ccc(C(=O)N2CCN(C)CC2)cn1. The second kappa shape index (κ2) is 8.39. The van der Waals surface area contributed by atoms with Gasteiger partial charge in [-0.2, -0.15) is 0 Å². The first-order chi connectivity index (χ1) is 15.5. The van der Waals surface area contributed by atoms with Crippen LogP contribution in [-0.4, -0.2) is 76.3 Å². The molecular weight excluding hydrogens is 402 g/mol. The quantitative estimate of drug-likeness (QED) is 0.691. The zero-order chi connectivity index (χ0) is 22.2. The number of nitrogens with one attached hydrogen (secondary N) is 1. The molecule has 32 heavy (non-hydrogen) atoms. The summed E-state index contributed by atoms with van der Waals surface area (Å²) in [5.74, 6) is 0.0766. The average Bonchev–Trinajstić information content (AvgIpc) is 3.43. The molecule has 1 unspecified atom stereocenters. The van der Waals surface area contributed by atoms with E-state index in [0.29, 0.717) is 12.1 Å². The molecule has 3 aromatic rings. The van der Waals surface area contributed by atoms with Crippen molar-refractivity contribution >= 4 is 22.7 Å². The number of pyridine rings is 1. The van der Waals surface area contributed by atoms with Crippen molar-refractivity contribution in [3.05, 3.63) is 65.1 Å². The van der Waals surface area contributed by atoms with E-state index >= 15 is 0 Å². The van der Waals surface area contributed by atoms with E-state index in [9.17, 15) is 9.59 Å². The Labute approximate surface area is 188 Å². The van der Waals surface area contributed by atoms with Gasteiger partial charge in [0.25, 0.3) is 11.8 Å². The number of likely N-dealkylation sites (tertiary alicyclic amines) is 1. The molecule has 1 N–H and O–H groups in total. The summed E-state index contributed by atoms with van der Waals surface area (Å²) < 4.78 is 0. The maximum Gasteiger partial charge on any atom is 0.256 e. The number of hydrogen-bond acceptors (Lipinski definition) is 4. The molecular formula is C25H29N5O2. The number of carbonyl (C=O) groups excluding carboxylic acids is 2. The Morgan fingerprint density at radius 3 is 2.53 bits per heavy atom. The maximum absolute atomic E-state index is 13.5. The van der Waals surface area contributed by atoms with Crippen molar-refractivity contribution < 1.29 is 9.59 Å². The molecule has 7 nitrogen and oxygen atoms in total. The number of nitrogens with zero attached hydrogens (tertiary/aromatic N) is 4. The summed E-state index contributed by atoms with van der Waals surface area (Å²) in [6.45, 7) is 5.94. The molecule has 2 aliphatic heterocycles. The second-order valence-corrected chi connectivity index (χ2v) is 8.89. The number of likely N-dealkylation sites (N-methyl/N-ethyl adjacent to an activating group) is 1. The van der Waals surface area contributed by atoms with E-state index in [4.69, 9.17) is 0 Å². The zero-order valence-electron chi connectivity index (χ0n) is 18.7. The molecule has 0 spiro atoms. The normalized spacial score (nSPS) is 19.6. The number of aromatic nitrogens is 2. The lowest BCUT2D eigenvalue weighted by Gasteiger charge is -2.32. The van der Waals surface area contributed by atoms with Gasteiger partial charge in [0, 0.05) is 55.5 Å². The van der Waals surface area contributed by atoms with Crippen LogP contribution >= 0.6 is 0 Å². The van der Waals surface area contributed by atoms with Crippen LogP contribution in [0.3, 0.4) is 0 Å². The number of H-pyrrole nitrogens is 1. The molecule has 2 saturated heterocycles. The molecule has 2 fully saturated rings. The highest BCUT2D eigenvalue weighted by atomic mass is 16.2. The largest absolute Gasteiger partial charge is 0.358 e. The zero-order valence-corrected chi connectivity index (χ0v) is 18.7. The first kappa shape index (κ1) is 20.7. The Morgan fingerprint density at radius 2 is 1.78 bits per heavy atom. The summed E-state index contributed by atoms with van der Waals surface area (Å²) in [5, 5.41) is 0.960. The van der Waals surface area contributed by atoms with Crippen LogP contribution in [0.1, 0.15) is 51.0 Å². The van der Waals surface area contributed by atoms with Gasteiger partial charge >= 0.3 is 0 Å². The Morgan fingerprint density at radius 1 is 1.00 bits per heavy atom. The van der Waals surface area contributed by atoms with Crippen molar-refractivity contribution in [1.82, 2.24) is 24.7 Å². The smallest absolute Gasteiger partial charge is 0.256 e. The lowest BCUT2D eigenvalue weighted by molar-refractivity contribution is 0.0662. The Hall–Kier alpha value is -3.19. The highest BCUT2D eigenvalue weighted by molar-refractivity contribution is 6.08. The molecule has 7 heteroatoms. The summed E-state index contributed by atoms with van der Waals surface area (Å²) in [4.78, 5) is 40.4. The molecule has 1 aromatic carbocycles. The summed E-state index contributed by atoms with van der Waals surface area (Å²) in [5.41, 5.74) is 4.08. The molecule has 2 aromatic heterocycles. The van der Waals surface area contributed by atoms with Crippen LogP contribution in [0.15, 0.2) is 42.6 Å². The summed E-state index contributed by atoms with van der Waals surface area (Å²) >= 11 is 0. The van der Waals surface area contributed by atoms with Crippen LogP contribution in [0.5, 0.6) is 0 Å². The first-order valence-corrected chi connectivity index (χ1v) is 11.3. The van der Waals surface area contributed by atoms with Crippen LogP contribution in [0, 0.1) is 6.92 Å². The molecule has 0 radical (unpaired) electrons. The molecule has 2 aliphatic rings. The number of carbonyl (C=O) groups is 2. The predicted molar refractivity (Wildman–Crippen MR) is 124 cm³/mol. The molecule has 2 amide bonds. The van der Waals surface area contributed by atoms with E-state index in [0.717, 1.165) is 66.9 Å². The van der Waals surface area contributed by atoms with Crippen molar-refractivity contribution in [2.75, 3.05) is 39.8 Å². The van der Waals surface area contributed by atoms with Gasteiger partial charge in [0.1, 0.15) is 0 Å². The van der Waals surface area contributed by atoms with Crippen LogP contribution < -0.4 is 0 Å². The van der Waals surface area contributed by atoms with Gasteiger partial charge in [-0.3, -0.25) is 14.6 Å². The lowest BCUT2D eigenvalue weighted by atomic mass is 10.1. The fraction of sp³-hybridized carbons (Fsp3) is 0.400. The summed E-state index contributed by atoms with van der Waals surface area (Å²) in [6, 6.07) is 11.6. The second-order valence-electron chi connectivity index (χ2n) is 8.89. The van der Waals surface area contributed by atoms with Gasteiger partial charge in [-0.15, -0.1) is 0 Å². The standard InChI is InChI=1S/C25H29N5O2/c1-17-23(19-6-3-4-7-20(19)27-17)25(32)30-11-5-8-22(30)21-10-9-18(16-26-21)24(31)29-14-12-28(2)13-15-29/h3-4,6-7,9-10,16,22,27H,5,8,11-15H2,1-2H3. The maximum atomic E-state index is 13.5. The van der Waals surface area contributed by atoms with Crippen molar-refractivity contribution in [3.8, 4) is 0 Å². The number of para-hydroxylation sites is 1. The summed E-state index contributed by atoms with van der Waals surface area (Å²) in [6.07, 6.45) is 3.50. The Bertz CT molecular complexity index is 1140. The van der Waals surface area contributed by atoms with Gasteiger partial charge in [-0.1, -0.05) is 18.2 Å². The van der Waals surface area contributed by atoms with Crippen LogP contribution in [0.25, 0.3) is 10.9 Å². The predicted octanol–water partition coefficient (Wildman–Crippen LogP) is 3.24. The number of aromatic amines is 1. The lowest BCUT2D eigenvalue weighted by Crippen LogP contribution is -2.47. The third-order valence-corrected chi connectivity index (χ3v) is 6.79. The van der Waals surface area contributed by atoms with Crippen molar-refractivity contribution in [1.29, 1.82) is 0 Å². The van der Waals surface area contributed by atoms with Crippen LogP contribution in [0.2, 0.25) is 0 Å². The van der Waals surface area contributed by atoms with E-state index in [-0.39, 0.29) is 17.9 Å². The van der Waals surface area contributed by atoms with Crippen LogP contribution in [-0.2, 0) is 0 Å². The fourth-order valence-electron chi connectivity index (χ4n) is 4.93. The van der Waals surface area contributed by atoms with Crippen molar-refractivity contribution in [2.24, 2.45) is 0 Å². The van der Waals surface area contributed by atoms with Crippen molar-refractivity contribution in [3.63, 3.8) is 0 Å². The molecule has 4 heterocycles. The highest BCUT2D eigenvalue weighted by Crippen LogP contribution is 2.34.